The second-order valence-corrected chi connectivity index (χ2v) is 11.0. The van der Waals surface area contributed by atoms with E-state index >= 15 is 0 Å². The number of aromatic carboxylic acids is 1. The van der Waals surface area contributed by atoms with E-state index in [1.165, 1.54) is 0 Å². The molecule has 0 bridgehead atoms. The molecule has 1 aliphatic heterocycles. The molecule has 0 atom stereocenters. The summed E-state index contributed by atoms with van der Waals surface area (Å²) in [5.74, 6) is -0.987. The predicted octanol–water partition coefficient (Wildman–Crippen LogP) is 8.70. The number of hydrogen-bond acceptors (Lipinski definition) is 3. The third kappa shape index (κ3) is 3.71. The van der Waals surface area contributed by atoms with Gasteiger partial charge in [0.05, 0.1) is 29.2 Å². The van der Waals surface area contributed by atoms with Crippen molar-refractivity contribution in [3.63, 3.8) is 0 Å². The summed E-state index contributed by atoms with van der Waals surface area (Å²) in [6.45, 7) is 3.53. The number of carbonyl (C=O) groups is 1. The fraction of sp³-hybridized carbons (Fsp3) is 0.0909. The van der Waals surface area contributed by atoms with Crippen LogP contribution in [0.15, 0.2) is 27.4 Å². The highest BCUT2D eigenvalue weighted by Crippen LogP contribution is 2.51. The van der Waals surface area contributed by atoms with E-state index < -0.39 is 5.97 Å². The van der Waals surface area contributed by atoms with Crippen molar-refractivity contribution >= 4 is 109 Å². The van der Waals surface area contributed by atoms with E-state index in [0.29, 0.717) is 37.0 Å². The Kier molecular flexibility index (Phi) is 6.68. The van der Waals surface area contributed by atoms with E-state index in [2.05, 4.69) is 22.6 Å². The molecule has 0 saturated carbocycles. The van der Waals surface area contributed by atoms with Crippen LogP contribution in [-0.2, 0) is 0 Å². The molecule has 0 spiro atoms. The summed E-state index contributed by atoms with van der Waals surface area (Å²) in [7, 11) is 0. The molecule has 1 heterocycles. The predicted molar refractivity (Wildman–Crippen MR) is 146 cm³/mol. The van der Waals surface area contributed by atoms with Gasteiger partial charge in [-0.05, 0) is 82.8 Å². The number of benzene rings is 3. The molecule has 164 valence electrons. The molecule has 10 heteroatoms. The van der Waals surface area contributed by atoms with Gasteiger partial charge in [0.1, 0.15) is 11.3 Å². The Balaban J connectivity index is 2.41. The number of carboxylic acid groups (broad SMARTS) is 1. The van der Waals surface area contributed by atoms with Crippen molar-refractivity contribution in [2.24, 2.45) is 0 Å². The zero-order valence-corrected chi connectivity index (χ0v) is 23.5. The van der Waals surface area contributed by atoms with E-state index in [1.54, 1.807) is 13.0 Å². The van der Waals surface area contributed by atoms with Crippen molar-refractivity contribution in [1.29, 1.82) is 0 Å². The zero-order valence-electron chi connectivity index (χ0n) is 16.2. The summed E-state index contributed by atoms with van der Waals surface area (Å²) in [6, 6.07) is 5.42. The van der Waals surface area contributed by atoms with Gasteiger partial charge in [0.25, 0.3) is 0 Å². The van der Waals surface area contributed by atoms with E-state index in [-0.39, 0.29) is 36.6 Å². The van der Waals surface area contributed by atoms with Gasteiger partial charge in [-0.1, -0.05) is 46.4 Å². The van der Waals surface area contributed by atoms with Gasteiger partial charge in [0, 0.05) is 31.2 Å². The fourth-order valence-electron chi connectivity index (χ4n) is 3.69. The van der Waals surface area contributed by atoms with Gasteiger partial charge in [0.2, 0.25) is 0 Å². The minimum Gasteiger partial charge on any atom is -0.478 e. The van der Waals surface area contributed by atoms with Crippen LogP contribution in [-0.4, -0.2) is 11.1 Å². The number of rotatable bonds is 2. The molecule has 0 amide bonds. The fourth-order valence-corrected chi connectivity index (χ4v) is 6.22. The maximum absolute atomic E-state index is 12.7. The molecule has 1 N–H and O–H groups in total. The minimum absolute atomic E-state index is 0.0531. The number of aryl methyl sites for hydroxylation is 1. The van der Waals surface area contributed by atoms with E-state index in [1.807, 2.05) is 41.6 Å². The lowest BCUT2D eigenvalue weighted by Gasteiger charge is -2.21. The van der Waals surface area contributed by atoms with Crippen molar-refractivity contribution in [2.75, 3.05) is 0 Å². The van der Waals surface area contributed by atoms with Crippen LogP contribution < -0.4 is 5.43 Å². The molecule has 2 aromatic rings. The van der Waals surface area contributed by atoms with Crippen LogP contribution in [0.1, 0.15) is 21.5 Å². The molecule has 2 aromatic carbocycles. The van der Waals surface area contributed by atoms with Gasteiger partial charge < -0.3 is 9.52 Å². The van der Waals surface area contributed by atoms with Crippen LogP contribution in [0.2, 0.25) is 20.1 Å². The molecular formula is C22H10Cl4I2O4. The molecule has 1 aliphatic carbocycles. The summed E-state index contributed by atoms with van der Waals surface area (Å²) >= 11 is 29.6. The highest BCUT2D eigenvalue weighted by atomic mass is 127. The number of hydrogen-bond donors (Lipinski definition) is 1. The number of halogens is 6. The van der Waals surface area contributed by atoms with Gasteiger partial charge in [-0.2, -0.15) is 0 Å². The van der Waals surface area contributed by atoms with Crippen LogP contribution >= 0.6 is 91.6 Å². The monoisotopic (exact) mass is 732 g/mol. The lowest BCUT2D eigenvalue weighted by atomic mass is 9.89. The molecule has 0 unspecified atom stereocenters. The number of fused-ring (bicyclic) bond motifs is 2. The third-order valence-corrected chi connectivity index (χ3v) is 8.35. The highest BCUT2D eigenvalue weighted by Gasteiger charge is 2.31. The molecule has 4 nitrogen and oxygen atoms in total. The van der Waals surface area contributed by atoms with Crippen molar-refractivity contribution in [1.82, 2.24) is 0 Å². The van der Waals surface area contributed by atoms with E-state index in [4.69, 9.17) is 50.8 Å². The van der Waals surface area contributed by atoms with Gasteiger partial charge in [-0.3, -0.25) is 4.79 Å². The Labute approximate surface area is 229 Å². The van der Waals surface area contributed by atoms with Crippen molar-refractivity contribution in [2.45, 2.75) is 13.8 Å². The van der Waals surface area contributed by atoms with Gasteiger partial charge in [-0.25, -0.2) is 4.79 Å². The van der Waals surface area contributed by atoms with Gasteiger partial charge >= 0.3 is 5.97 Å². The normalized spacial score (nSPS) is 11.5. The quantitative estimate of drug-likeness (QED) is 0.0970. The Morgan fingerprint density at radius 2 is 1.56 bits per heavy atom. The first kappa shape index (κ1) is 24.3. The van der Waals surface area contributed by atoms with Gasteiger partial charge in [-0.15, -0.1) is 0 Å². The lowest BCUT2D eigenvalue weighted by Crippen LogP contribution is -2.12. The van der Waals surface area contributed by atoms with Crippen LogP contribution in [0.4, 0.5) is 0 Å². The molecular weight excluding hydrogens is 724 g/mol. The summed E-state index contributed by atoms with van der Waals surface area (Å²) in [5, 5.41) is 10.2. The molecule has 0 radical (unpaired) electrons. The second kappa shape index (κ2) is 8.78. The van der Waals surface area contributed by atoms with Crippen molar-refractivity contribution < 1.29 is 14.3 Å². The first-order valence-corrected chi connectivity index (χ1v) is 12.6. The minimum atomic E-state index is -1.32. The summed E-state index contributed by atoms with van der Waals surface area (Å²) in [4.78, 5) is 25.0. The molecule has 0 fully saturated rings. The van der Waals surface area contributed by atoms with Crippen LogP contribution in [0.25, 0.3) is 33.4 Å². The van der Waals surface area contributed by atoms with Gasteiger partial charge in [0.15, 0.2) is 5.43 Å². The first-order valence-electron chi connectivity index (χ1n) is 8.91. The average molecular weight is 734 g/mol. The Hall–Kier alpha value is -0.780. The Bertz CT molecular complexity index is 1510. The largest absolute Gasteiger partial charge is 0.478 e. The second-order valence-electron chi connectivity index (χ2n) is 7.08. The standard InChI is InChI=1S/C22H10Cl4I2O4/c1-6-3-8(27)4-9-12(10-5-11(28)19(29)7(2)21(10)32-20(6)9)13-14(22(30)31)16(24)18(26)17(25)15(13)23/h3-5H,1-2H3,(H,30,31). The number of carboxylic acids is 1. The van der Waals surface area contributed by atoms with Crippen LogP contribution in [0, 0.1) is 21.0 Å². The molecule has 32 heavy (non-hydrogen) atoms. The third-order valence-electron chi connectivity index (χ3n) is 5.13. The maximum Gasteiger partial charge on any atom is 0.337 e. The maximum atomic E-state index is 12.7. The molecule has 4 rings (SSSR count). The van der Waals surface area contributed by atoms with Crippen molar-refractivity contribution in [3.05, 3.63) is 72.3 Å². The highest BCUT2D eigenvalue weighted by molar-refractivity contribution is 14.1. The lowest BCUT2D eigenvalue weighted by molar-refractivity contribution is 0.0698. The van der Waals surface area contributed by atoms with Crippen LogP contribution in [0.5, 0.6) is 0 Å². The Morgan fingerprint density at radius 3 is 2.19 bits per heavy atom. The van der Waals surface area contributed by atoms with Crippen LogP contribution in [0.3, 0.4) is 0 Å². The molecule has 2 aliphatic rings. The SMILES string of the molecule is Cc1c2oc3c(C)cc(I)cc3c(-c3c(Cl)c(Cl)c(Cl)c(Cl)c3C(=O)O)c-2cc(I)c1=O. The van der Waals surface area contributed by atoms with E-state index in [0.717, 1.165) is 9.13 Å². The zero-order chi connectivity index (χ0) is 23.6. The topological polar surface area (TPSA) is 67.5 Å². The molecule has 0 aromatic heterocycles. The average Bonchev–Trinajstić information content (AvgIpc) is 2.72. The Morgan fingerprint density at radius 1 is 0.938 bits per heavy atom. The summed E-state index contributed by atoms with van der Waals surface area (Å²) < 4.78 is 7.54. The summed E-state index contributed by atoms with van der Waals surface area (Å²) in [6.07, 6.45) is 0. The van der Waals surface area contributed by atoms with E-state index in [9.17, 15) is 14.7 Å². The summed E-state index contributed by atoms with van der Waals surface area (Å²) in [5.41, 5.74) is 2.31. The smallest absolute Gasteiger partial charge is 0.337 e. The van der Waals surface area contributed by atoms with Crippen molar-refractivity contribution in [3.8, 4) is 22.5 Å². The first-order chi connectivity index (χ1) is 15.0. The molecule has 0 saturated heterocycles.